The Morgan fingerprint density at radius 3 is 2.29 bits per heavy atom. The van der Waals surface area contributed by atoms with Crippen LogP contribution < -0.4 is 9.62 Å². The summed E-state index contributed by atoms with van der Waals surface area (Å²) in [7, 11) is -3.74. The second-order valence-electron chi connectivity index (χ2n) is 8.89. The second kappa shape index (κ2) is 12.0. The molecule has 2 rings (SSSR count). The molecule has 0 unspecified atom stereocenters. The van der Waals surface area contributed by atoms with Crippen LogP contribution in [0.2, 0.25) is 0 Å². The van der Waals surface area contributed by atoms with Gasteiger partial charge in [-0.1, -0.05) is 60.9 Å². The van der Waals surface area contributed by atoms with Crippen molar-refractivity contribution in [3.8, 4) is 0 Å². The van der Waals surface area contributed by atoms with Crippen molar-refractivity contribution in [1.29, 1.82) is 0 Å². The van der Waals surface area contributed by atoms with E-state index >= 15 is 0 Å². The molecule has 7 nitrogen and oxygen atoms in total. The zero-order valence-electron chi connectivity index (χ0n) is 21.1. The summed E-state index contributed by atoms with van der Waals surface area (Å²) in [6.45, 7) is 9.77. The van der Waals surface area contributed by atoms with Crippen LogP contribution in [-0.2, 0) is 26.2 Å². The molecule has 0 aliphatic carbocycles. The molecule has 2 aromatic carbocycles. The molecule has 0 heterocycles. The Morgan fingerprint density at radius 1 is 1.03 bits per heavy atom. The van der Waals surface area contributed by atoms with E-state index in [4.69, 9.17) is 0 Å². The molecular formula is C26H37N3O4S. The first kappa shape index (κ1) is 27.4. The molecule has 1 atom stereocenters. The van der Waals surface area contributed by atoms with Gasteiger partial charge in [-0.25, -0.2) is 8.42 Å². The van der Waals surface area contributed by atoms with E-state index in [1.807, 2.05) is 64.1 Å². The Labute approximate surface area is 204 Å². The van der Waals surface area contributed by atoms with Gasteiger partial charge in [0.2, 0.25) is 21.8 Å². The third kappa shape index (κ3) is 7.58. The van der Waals surface area contributed by atoms with Crippen LogP contribution in [0.15, 0.2) is 42.5 Å². The van der Waals surface area contributed by atoms with Gasteiger partial charge in [0.25, 0.3) is 0 Å². The van der Waals surface area contributed by atoms with Crippen LogP contribution in [0.5, 0.6) is 0 Å². The Kier molecular flexibility index (Phi) is 9.67. The van der Waals surface area contributed by atoms with E-state index in [0.717, 1.165) is 45.7 Å². The number of sulfonamides is 1. The summed E-state index contributed by atoms with van der Waals surface area (Å²) in [5, 5.41) is 2.88. The highest BCUT2D eigenvalue weighted by molar-refractivity contribution is 7.92. The summed E-state index contributed by atoms with van der Waals surface area (Å²) in [5.41, 5.74) is 4.13. The molecule has 0 spiro atoms. The highest BCUT2D eigenvalue weighted by atomic mass is 32.2. The molecular weight excluding hydrogens is 450 g/mol. The van der Waals surface area contributed by atoms with Gasteiger partial charge in [-0.05, 0) is 51.3 Å². The van der Waals surface area contributed by atoms with Gasteiger partial charge in [0, 0.05) is 13.1 Å². The van der Waals surface area contributed by atoms with E-state index in [1.54, 1.807) is 13.0 Å². The second-order valence-corrected chi connectivity index (χ2v) is 10.8. The Morgan fingerprint density at radius 2 is 1.71 bits per heavy atom. The highest BCUT2D eigenvalue weighted by Gasteiger charge is 2.30. The number of carbonyl (C=O) groups excluding carboxylic acids is 2. The highest BCUT2D eigenvalue weighted by Crippen LogP contribution is 2.24. The number of amides is 2. The van der Waals surface area contributed by atoms with E-state index < -0.39 is 22.0 Å². The zero-order chi connectivity index (χ0) is 25.5. The minimum atomic E-state index is -3.74. The van der Waals surface area contributed by atoms with Gasteiger partial charge in [-0.3, -0.25) is 13.9 Å². The standard InChI is InChI=1S/C26H37N3O4S/c1-7-8-14-27-26(31)22(5)28(17-23-11-9-10-19(2)16-23)25(30)18-29(34(6,32)33)24-13-12-20(3)15-21(24)4/h9-13,15-16,22H,7-8,14,17-18H2,1-6H3,(H,27,31)/t22-/m1/s1. The quantitative estimate of drug-likeness (QED) is 0.490. The van der Waals surface area contributed by atoms with Crippen LogP contribution in [0.1, 0.15) is 48.9 Å². The molecule has 1 N–H and O–H groups in total. The molecule has 0 bridgehead atoms. The molecule has 0 aromatic heterocycles. The van der Waals surface area contributed by atoms with Crippen molar-refractivity contribution in [3.63, 3.8) is 0 Å². The van der Waals surface area contributed by atoms with Gasteiger partial charge in [0.15, 0.2) is 0 Å². The van der Waals surface area contributed by atoms with Crippen molar-refractivity contribution < 1.29 is 18.0 Å². The number of nitrogens with zero attached hydrogens (tertiary/aromatic N) is 2. The smallest absolute Gasteiger partial charge is 0.244 e. The number of hydrogen-bond acceptors (Lipinski definition) is 4. The number of nitrogens with one attached hydrogen (secondary N) is 1. The first-order valence-corrected chi connectivity index (χ1v) is 13.5. The summed E-state index contributed by atoms with van der Waals surface area (Å²) in [6.07, 6.45) is 2.88. The maximum absolute atomic E-state index is 13.6. The van der Waals surface area contributed by atoms with E-state index in [-0.39, 0.29) is 19.0 Å². The molecule has 0 fully saturated rings. The summed E-state index contributed by atoms with van der Waals surface area (Å²) in [6, 6.07) is 12.4. The normalized spacial score (nSPS) is 12.2. The van der Waals surface area contributed by atoms with Gasteiger partial charge in [0.05, 0.1) is 11.9 Å². The molecule has 0 aliphatic rings. The number of benzene rings is 2. The number of unbranched alkanes of at least 4 members (excludes halogenated alkanes) is 1. The molecule has 2 amide bonds. The summed E-state index contributed by atoms with van der Waals surface area (Å²) < 4.78 is 26.5. The van der Waals surface area contributed by atoms with Gasteiger partial charge in [-0.2, -0.15) is 0 Å². The van der Waals surface area contributed by atoms with Crippen molar-refractivity contribution in [3.05, 3.63) is 64.7 Å². The topological polar surface area (TPSA) is 86.8 Å². The van der Waals surface area contributed by atoms with Crippen LogP contribution in [0.25, 0.3) is 0 Å². The molecule has 34 heavy (non-hydrogen) atoms. The molecule has 0 saturated carbocycles. The van der Waals surface area contributed by atoms with Crippen LogP contribution in [0.4, 0.5) is 5.69 Å². The lowest BCUT2D eigenvalue weighted by molar-refractivity contribution is -0.139. The Bertz CT molecular complexity index is 1110. The van der Waals surface area contributed by atoms with Crippen molar-refractivity contribution in [2.45, 2.75) is 60.0 Å². The van der Waals surface area contributed by atoms with Crippen LogP contribution in [-0.4, -0.2) is 50.5 Å². The number of aryl methyl sites for hydroxylation is 3. The average Bonchev–Trinajstić information content (AvgIpc) is 2.75. The maximum atomic E-state index is 13.6. The monoisotopic (exact) mass is 487 g/mol. The predicted octanol–water partition coefficient (Wildman–Crippen LogP) is 3.71. The van der Waals surface area contributed by atoms with E-state index in [0.29, 0.717) is 12.2 Å². The van der Waals surface area contributed by atoms with Crippen LogP contribution in [0.3, 0.4) is 0 Å². The SMILES string of the molecule is CCCCNC(=O)[C@@H](C)N(Cc1cccc(C)c1)C(=O)CN(c1ccc(C)cc1C)S(C)(=O)=O. The lowest BCUT2D eigenvalue weighted by atomic mass is 10.1. The minimum Gasteiger partial charge on any atom is -0.354 e. The maximum Gasteiger partial charge on any atom is 0.244 e. The van der Waals surface area contributed by atoms with Crippen molar-refractivity contribution in [2.75, 3.05) is 23.7 Å². The fourth-order valence-corrected chi connectivity index (χ4v) is 4.71. The zero-order valence-corrected chi connectivity index (χ0v) is 21.9. The van der Waals surface area contributed by atoms with E-state index in [2.05, 4.69) is 5.32 Å². The molecule has 0 aliphatic heterocycles. The van der Waals surface area contributed by atoms with Gasteiger partial charge >= 0.3 is 0 Å². The predicted molar refractivity (Wildman–Crippen MR) is 137 cm³/mol. The lowest BCUT2D eigenvalue weighted by Crippen LogP contribution is -2.51. The van der Waals surface area contributed by atoms with E-state index in [9.17, 15) is 18.0 Å². The lowest BCUT2D eigenvalue weighted by Gasteiger charge is -2.32. The summed E-state index contributed by atoms with van der Waals surface area (Å²) in [4.78, 5) is 27.8. The largest absolute Gasteiger partial charge is 0.354 e. The third-order valence-corrected chi connectivity index (χ3v) is 6.86. The number of rotatable bonds is 11. The average molecular weight is 488 g/mol. The van der Waals surface area contributed by atoms with Crippen molar-refractivity contribution in [2.24, 2.45) is 0 Å². The van der Waals surface area contributed by atoms with Gasteiger partial charge in [0.1, 0.15) is 12.6 Å². The first-order chi connectivity index (χ1) is 15.9. The first-order valence-electron chi connectivity index (χ1n) is 11.6. The molecule has 2 aromatic rings. The van der Waals surface area contributed by atoms with Crippen molar-refractivity contribution in [1.82, 2.24) is 10.2 Å². The number of carbonyl (C=O) groups is 2. The number of anilines is 1. The van der Waals surface area contributed by atoms with Crippen molar-refractivity contribution >= 4 is 27.5 Å². The number of hydrogen-bond donors (Lipinski definition) is 1. The third-order valence-electron chi connectivity index (χ3n) is 5.73. The van der Waals surface area contributed by atoms with Crippen LogP contribution in [0, 0.1) is 20.8 Å². The van der Waals surface area contributed by atoms with E-state index in [1.165, 1.54) is 4.90 Å². The Hall–Kier alpha value is -2.87. The summed E-state index contributed by atoms with van der Waals surface area (Å²) in [5.74, 6) is -0.697. The Balaban J connectivity index is 2.38. The fraction of sp³-hybridized carbons (Fsp3) is 0.462. The minimum absolute atomic E-state index is 0.202. The summed E-state index contributed by atoms with van der Waals surface area (Å²) >= 11 is 0. The molecule has 186 valence electrons. The van der Waals surface area contributed by atoms with Gasteiger partial charge in [-0.15, -0.1) is 0 Å². The van der Waals surface area contributed by atoms with Crippen LogP contribution >= 0.6 is 0 Å². The van der Waals surface area contributed by atoms with Gasteiger partial charge < -0.3 is 10.2 Å². The fourth-order valence-electron chi connectivity index (χ4n) is 3.81. The molecule has 8 heteroatoms. The molecule has 0 saturated heterocycles. The molecule has 0 radical (unpaired) electrons.